The number of rotatable bonds is 12. The fraction of sp³-hybridized carbons (Fsp3) is 0.500. The molecule has 0 aliphatic carbocycles. The average Bonchev–Trinajstić information content (AvgIpc) is 2.62. The van der Waals surface area contributed by atoms with E-state index in [1.807, 2.05) is 0 Å². The number of amides is 1. The predicted octanol–water partition coefficient (Wildman–Crippen LogP) is 0.403. The summed E-state index contributed by atoms with van der Waals surface area (Å²) < 4.78 is 27.0. The Balaban J connectivity index is 3.55. The third-order valence-electron chi connectivity index (χ3n) is 3.48. The number of nitro benzene ring substituents is 2. The summed E-state index contributed by atoms with van der Waals surface area (Å²) >= 11 is 3.14. The lowest BCUT2D eigenvalue weighted by molar-refractivity contribution is -0.392. The Kier molecular flexibility index (Phi) is 9.35. The van der Waals surface area contributed by atoms with E-state index in [4.69, 9.17) is 5.11 Å². The van der Waals surface area contributed by atoms with Crippen molar-refractivity contribution in [2.45, 2.75) is 0 Å². The van der Waals surface area contributed by atoms with E-state index in [0.717, 1.165) is 18.4 Å². The van der Waals surface area contributed by atoms with Crippen LogP contribution >= 0.6 is 15.9 Å². The maximum atomic E-state index is 12.3. The molecule has 15 heteroatoms. The molecule has 1 amide bonds. The van der Waals surface area contributed by atoms with Crippen molar-refractivity contribution in [2.75, 3.05) is 49.3 Å². The van der Waals surface area contributed by atoms with Gasteiger partial charge >= 0.3 is 5.69 Å². The van der Waals surface area contributed by atoms with Crippen molar-refractivity contribution in [3.8, 4) is 0 Å². The highest BCUT2D eigenvalue weighted by molar-refractivity contribution is 9.09. The number of nitro groups is 2. The van der Waals surface area contributed by atoms with Gasteiger partial charge in [0.1, 0.15) is 5.56 Å². The zero-order chi connectivity index (χ0) is 22.2. The summed E-state index contributed by atoms with van der Waals surface area (Å²) in [6.07, 6.45) is 0.818. The van der Waals surface area contributed by atoms with Gasteiger partial charge < -0.3 is 15.3 Å². The van der Waals surface area contributed by atoms with Crippen molar-refractivity contribution in [1.82, 2.24) is 5.32 Å². The second-order valence-electron chi connectivity index (χ2n) is 5.53. The molecule has 0 saturated heterocycles. The van der Waals surface area contributed by atoms with Crippen molar-refractivity contribution in [3.63, 3.8) is 0 Å². The van der Waals surface area contributed by atoms with Crippen LogP contribution in [0.15, 0.2) is 12.1 Å². The zero-order valence-corrected chi connectivity index (χ0v) is 17.6. The minimum absolute atomic E-state index is 0.0243. The molecule has 1 rings (SSSR count). The van der Waals surface area contributed by atoms with Crippen LogP contribution in [0.1, 0.15) is 10.4 Å². The summed E-state index contributed by atoms with van der Waals surface area (Å²) in [5.74, 6) is -0.895. The molecule has 1 aromatic carbocycles. The van der Waals surface area contributed by atoms with Crippen molar-refractivity contribution >= 4 is 49.0 Å². The Bertz CT molecular complexity index is 878. The van der Waals surface area contributed by atoms with Crippen molar-refractivity contribution < 1.29 is 32.3 Å². The van der Waals surface area contributed by atoms with Gasteiger partial charge in [0.05, 0.1) is 29.3 Å². The lowest BCUT2D eigenvalue weighted by Crippen LogP contribution is -2.32. The molecule has 29 heavy (non-hydrogen) atoms. The molecule has 0 aliphatic rings. The Hall–Kier alpha value is -2.36. The highest BCUT2D eigenvalue weighted by Crippen LogP contribution is 2.40. The topological polar surface area (TPSA) is 182 Å². The van der Waals surface area contributed by atoms with Crippen molar-refractivity contribution in [3.05, 3.63) is 37.9 Å². The number of nitrogens with one attached hydrogen (secondary N) is 1. The van der Waals surface area contributed by atoms with Crippen LogP contribution in [0.25, 0.3) is 0 Å². The fourth-order valence-corrected chi connectivity index (χ4v) is 3.20. The van der Waals surface area contributed by atoms with E-state index in [-0.39, 0.29) is 25.0 Å². The summed E-state index contributed by atoms with van der Waals surface area (Å²) in [6.45, 7) is -1.20. The number of halogens is 1. The lowest BCUT2D eigenvalue weighted by Gasteiger charge is -2.23. The van der Waals surface area contributed by atoms with E-state index in [0.29, 0.717) is 0 Å². The van der Waals surface area contributed by atoms with Crippen LogP contribution in [0, 0.1) is 20.2 Å². The largest absolute Gasteiger partial charge is 0.395 e. The molecule has 0 heterocycles. The molecule has 0 atom stereocenters. The van der Waals surface area contributed by atoms with E-state index in [2.05, 4.69) is 25.4 Å². The van der Waals surface area contributed by atoms with Crippen LogP contribution in [-0.2, 0) is 14.3 Å². The summed E-state index contributed by atoms with van der Waals surface area (Å²) in [5, 5.41) is 34.5. The minimum Gasteiger partial charge on any atom is -0.395 e. The maximum Gasteiger partial charge on any atom is 0.312 e. The van der Waals surface area contributed by atoms with E-state index >= 15 is 0 Å². The van der Waals surface area contributed by atoms with Crippen molar-refractivity contribution in [1.29, 1.82) is 0 Å². The molecule has 0 saturated carbocycles. The quantitative estimate of drug-likeness (QED) is 0.177. The Labute approximate surface area is 174 Å². The molecule has 162 valence electrons. The number of nitrogens with zero attached hydrogens (tertiary/aromatic N) is 3. The standard InChI is InChI=1S/C14H19BrN4O9S/c1-29(26,27)28-9-7-17(6-4-15)13-11(18(22)23)3-2-10(12(13)19(24)25)14(21)16-5-8-20/h2-3,20H,4-9H2,1H3,(H,16,21). The minimum atomic E-state index is -3.80. The second-order valence-corrected chi connectivity index (χ2v) is 7.96. The molecule has 0 spiro atoms. The molecule has 0 bridgehead atoms. The number of carbonyl (C=O) groups is 1. The van der Waals surface area contributed by atoms with Gasteiger partial charge in [-0.25, -0.2) is 0 Å². The van der Waals surface area contributed by atoms with Gasteiger partial charge in [-0.1, -0.05) is 15.9 Å². The summed E-state index contributed by atoms with van der Waals surface area (Å²) in [5.41, 5.74) is -2.33. The number of alkyl halides is 1. The molecule has 1 aromatic rings. The monoisotopic (exact) mass is 498 g/mol. The molecular weight excluding hydrogens is 480 g/mol. The van der Waals surface area contributed by atoms with Crippen LogP contribution in [0.5, 0.6) is 0 Å². The highest BCUT2D eigenvalue weighted by Gasteiger charge is 2.35. The van der Waals surface area contributed by atoms with Crippen LogP contribution < -0.4 is 10.2 Å². The summed E-state index contributed by atoms with van der Waals surface area (Å²) in [7, 11) is -3.80. The van der Waals surface area contributed by atoms with Gasteiger partial charge in [0.15, 0.2) is 5.69 Å². The number of benzene rings is 1. The number of anilines is 1. The van der Waals surface area contributed by atoms with Gasteiger partial charge in [0.2, 0.25) is 0 Å². The molecule has 0 aromatic heterocycles. The first-order valence-electron chi connectivity index (χ1n) is 8.03. The molecular formula is C14H19BrN4O9S. The number of carbonyl (C=O) groups excluding carboxylic acids is 1. The van der Waals surface area contributed by atoms with Gasteiger partial charge in [0.25, 0.3) is 21.7 Å². The van der Waals surface area contributed by atoms with E-state index in [9.17, 15) is 33.4 Å². The normalized spacial score (nSPS) is 11.1. The second kappa shape index (κ2) is 11.0. The number of aliphatic hydroxyl groups is 1. The van der Waals surface area contributed by atoms with E-state index < -0.39 is 61.7 Å². The lowest BCUT2D eigenvalue weighted by atomic mass is 10.1. The predicted molar refractivity (Wildman–Crippen MR) is 106 cm³/mol. The van der Waals surface area contributed by atoms with Crippen LogP contribution in [-0.4, -0.2) is 73.7 Å². The van der Waals surface area contributed by atoms with Gasteiger partial charge in [0, 0.05) is 31.0 Å². The van der Waals surface area contributed by atoms with Crippen LogP contribution in [0.2, 0.25) is 0 Å². The molecule has 2 N–H and O–H groups in total. The smallest absolute Gasteiger partial charge is 0.312 e. The highest BCUT2D eigenvalue weighted by atomic mass is 79.9. The molecule has 13 nitrogen and oxygen atoms in total. The zero-order valence-electron chi connectivity index (χ0n) is 15.2. The Morgan fingerprint density at radius 2 is 1.93 bits per heavy atom. The molecule has 0 unspecified atom stereocenters. The summed E-state index contributed by atoms with van der Waals surface area (Å²) in [4.78, 5) is 34.9. The first-order valence-corrected chi connectivity index (χ1v) is 11.0. The van der Waals surface area contributed by atoms with Crippen LogP contribution in [0.3, 0.4) is 0 Å². The van der Waals surface area contributed by atoms with Gasteiger partial charge in [-0.05, 0) is 6.07 Å². The fourth-order valence-electron chi connectivity index (χ4n) is 2.40. The molecule has 0 aliphatic heterocycles. The molecule has 0 fully saturated rings. The third-order valence-corrected chi connectivity index (χ3v) is 4.43. The van der Waals surface area contributed by atoms with E-state index in [1.54, 1.807) is 0 Å². The van der Waals surface area contributed by atoms with Gasteiger partial charge in [-0.2, -0.15) is 8.42 Å². The first-order chi connectivity index (χ1) is 13.5. The maximum absolute atomic E-state index is 12.3. The van der Waals surface area contributed by atoms with Gasteiger partial charge in [-0.15, -0.1) is 0 Å². The summed E-state index contributed by atoms with van der Waals surface area (Å²) in [6, 6.07) is 1.90. The van der Waals surface area contributed by atoms with Gasteiger partial charge in [-0.3, -0.25) is 29.2 Å². The SMILES string of the molecule is CS(=O)(=O)OCCN(CCBr)c1c([N+](=O)[O-])ccc(C(=O)NCCO)c1[N+](=O)[O-]. The average molecular weight is 499 g/mol. The van der Waals surface area contributed by atoms with Crippen molar-refractivity contribution in [2.24, 2.45) is 0 Å². The number of hydrogen-bond acceptors (Lipinski definition) is 10. The number of hydrogen-bond donors (Lipinski definition) is 2. The first kappa shape index (κ1) is 24.7. The Morgan fingerprint density at radius 1 is 1.28 bits per heavy atom. The van der Waals surface area contributed by atoms with Crippen LogP contribution in [0.4, 0.5) is 17.1 Å². The Morgan fingerprint density at radius 3 is 2.41 bits per heavy atom. The van der Waals surface area contributed by atoms with E-state index in [1.165, 1.54) is 4.90 Å². The molecule has 0 radical (unpaired) electrons. The third kappa shape index (κ3) is 7.19. The number of aliphatic hydroxyl groups excluding tert-OH is 1.